The molecule has 0 radical (unpaired) electrons. The second kappa shape index (κ2) is 9.67. The van der Waals surface area contributed by atoms with E-state index >= 15 is 0 Å². The van der Waals surface area contributed by atoms with E-state index in [4.69, 9.17) is 0 Å². The maximum absolute atomic E-state index is 11.8. The fourth-order valence-corrected chi connectivity index (χ4v) is 3.06. The van der Waals surface area contributed by atoms with E-state index in [1.165, 1.54) is 16.1 Å². The third-order valence-corrected chi connectivity index (χ3v) is 4.78. The van der Waals surface area contributed by atoms with Crippen molar-refractivity contribution in [2.24, 2.45) is 5.92 Å². The van der Waals surface area contributed by atoms with Gasteiger partial charge in [0.15, 0.2) is 0 Å². The van der Waals surface area contributed by atoms with Crippen molar-refractivity contribution >= 4 is 15.9 Å². The van der Waals surface area contributed by atoms with Crippen molar-refractivity contribution in [2.45, 2.75) is 33.1 Å². The smallest absolute Gasteiger partial charge is 0.221 e. The topological polar surface area (TPSA) is 66.5 Å². The Hall–Kier alpha value is -1.40. The zero-order chi connectivity index (χ0) is 17.3. The molecule has 0 heterocycles. The number of nitrogens with one attached hydrogen (secondary N) is 1. The number of aryl methyl sites for hydroxylation is 1. The SMILES string of the molecule is CC(C)CNC(=O)CCN(CCCc1ccccc1)S(C)(=O)=O. The average Bonchev–Trinajstić information content (AvgIpc) is 2.48. The molecule has 130 valence electrons. The van der Waals surface area contributed by atoms with Crippen LogP contribution in [-0.2, 0) is 21.2 Å². The summed E-state index contributed by atoms with van der Waals surface area (Å²) < 4.78 is 25.1. The normalized spacial score (nSPS) is 11.9. The van der Waals surface area contributed by atoms with E-state index in [2.05, 4.69) is 5.32 Å². The molecule has 0 aromatic heterocycles. The molecule has 0 aliphatic carbocycles. The van der Waals surface area contributed by atoms with E-state index in [1.807, 2.05) is 44.2 Å². The molecule has 0 aliphatic heterocycles. The number of hydrogen-bond donors (Lipinski definition) is 1. The van der Waals surface area contributed by atoms with Crippen LogP contribution in [0.1, 0.15) is 32.3 Å². The highest BCUT2D eigenvalue weighted by Gasteiger charge is 2.17. The number of hydrogen-bond acceptors (Lipinski definition) is 3. The first-order chi connectivity index (χ1) is 10.8. The maximum Gasteiger partial charge on any atom is 0.221 e. The minimum absolute atomic E-state index is 0.101. The van der Waals surface area contributed by atoms with Crippen LogP contribution in [-0.4, -0.2) is 44.5 Å². The summed E-state index contributed by atoms with van der Waals surface area (Å²) in [6.07, 6.45) is 2.96. The summed E-state index contributed by atoms with van der Waals surface area (Å²) in [6, 6.07) is 9.97. The standard InChI is InChI=1S/C17H28N2O3S/c1-15(2)14-18-17(20)11-13-19(23(3,21)22)12-7-10-16-8-5-4-6-9-16/h4-6,8-9,15H,7,10-14H2,1-3H3,(H,18,20). The Kier molecular flexibility index (Phi) is 8.26. The molecule has 23 heavy (non-hydrogen) atoms. The van der Waals surface area contributed by atoms with Gasteiger partial charge in [0.1, 0.15) is 0 Å². The molecule has 1 aromatic rings. The first kappa shape index (κ1) is 19.6. The van der Waals surface area contributed by atoms with E-state index in [0.717, 1.165) is 12.8 Å². The van der Waals surface area contributed by atoms with Gasteiger partial charge in [0.25, 0.3) is 0 Å². The molecule has 1 aromatic carbocycles. The fraction of sp³-hybridized carbons (Fsp3) is 0.588. The van der Waals surface area contributed by atoms with Crippen LogP contribution in [0.25, 0.3) is 0 Å². The third kappa shape index (κ3) is 8.71. The number of rotatable bonds is 10. The van der Waals surface area contributed by atoms with Crippen molar-refractivity contribution in [3.8, 4) is 0 Å². The number of amides is 1. The lowest BCUT2D eigenvalue weighted by atomic mass is 10.1. The van der Waals surface area contributed by atoms with E-state index in [9.17, 15) is 13.2 Å². The summed E-state index contributed by atoms with van der Waals surface area (Å²) in [6.45, 7) is 5.33. The van der Waals surface area contributed by atoms with Gasteiger partial charge in [-0.25, -0.2) is 12.7 Å². The highest BCUT2D eigenvalue weighted by atomic mass is 32.2. The van der Waals surface area contributed by atoms with Crippen LogP contribution in [0.4, 0.5) is 0 Å². The minimum atomic E-state index is -3.29. The molecule has 1 N–H and O–H groups in total. The van der Waals surface area contributed by atoms with Crippen LogP contribution >= 0.6 is 0 Å². The van der Waals surface area contributed by atoms with Gasteiger partial charge in [0.05, 0.1) is 6.26 Å². The summed E-state index contributed by atoms with van der Waals surface area (Å²) in [5.74, 6) is 0.284. The third-order valence-electron chi connectivity index (χ3n) is 3.48. The zero-order valence-corrected chi connectivity index (χ0v) is 15.1. The van der Waals surface area contributed by atoms with Gasteiger partial charge >= 0.3 is 0 Å². The number of carbonyl (C=O) groups is 1. The molecule has 0 fully saturated rings. The Balaban J connectivity index is 2.43. The van der Waals surface area contributed by atoms with Gasteiger partial charge in [-0.05, 0) is 24.3 Å². The first-order valence-electron chi connectivity index (χ1n) is 8.05. The van der Waals surface area contributed by atoms with E-state index in [0.29, 0.717) is 19.0 Å². The summed E-state index contributed by atoms with van der Waals surface area (Å²) in [5.41, 5.74) is 1.19. The second-order valence-corrected chi connectivity index (χ2v) is 8.18. The molecule has 0 saturated carbocycles. The largest absolute Gasteiger partial charge is 0.356 e. The predicted octanol–water partition coefficient (Wildman–Crippen LogP) is 2.04. The van der Waals surface area contributed by atoms with Gasteiger partial charge in [-0.15, -0.1) is 0 Å². The quantitative estimate of drug-likeness (QED) is 0.709. The highest BCUT2D eigenvalue weighted by molar-refractivity contribution is 7.88. The van der Waals surface area contributed by atoms with Gasteiger partial charge in [-0.2, -0.15) is 0 Å². The lowest BCUT2D eigenvalue weighted by Crippen LogP contribution is -2.36. The molecule has 5 nitrogen and oxygen atoms in total. The van der Waals surface area contributed by atoms with Crippen LogP contribution in [0.5, 0.6) is 0 Å². The summed E-state index contributed by atoms with van der Waals surface area (Å²) >= 11 is 0. The second-order valence-electron chi connectivity index (χ2n) is 6.20. The van der Waals surface area contributed by atoms with Crippen LogP contribution in [0.2, 0.25) is 0 Å². The first-order valence-corrected chi connectivity index (χ1v) is 9.89. The molecule has 0 spiro atoms. The summed E-state index contributed by atoms with van der Waals surface area (Å²) in [7, 11) is -3.29. The molecule has 0 atom stereocenters. The molecule has 0 unspecified atom stereocenters. The maximum atomic E-state index is 11.8. The van der Waals surface area contributed by atoms with E-state index in [1.54, 1.807) is 0 Å². The van der Waals surface area contributed by atoms with Crippen LogP contribution < -0.4 is 5.32 Å². The Labute approximate surface area is 140 Å². The van der Waals surface area contributed by atoms with Crippen molar-refractivity contribution in [1.29, 1.82) is 0 Å². The lowest BCUT2D eigenvalue weighted by molar-refractivity contribution is -0.121. The fourth-order valence-electron chi connectivity index (χ4n) is 2.18. The Morgan fingerprint density at radius 3 is 2.39 bits per heavy atom. The van der Waals surface area contributed by atoms with Gasteiger partial charge in [-0.3, -0.25) is 4.79 Å². The Morgan fingerprint density at radius 1 is 1.17 bits per heavy atom. The molecule has 1 rings (SSSR count). The van der Waals surface area contributed by atoms with E-state index in [-0.39, 0.29) is 18.9 Å². The van der Waals surface area contributed by atoms with Crippen LogP contribution in [0, 0.1) is 5.92 Å². The van der Waals surface area contributed by atoms with Gasteiger partial charge in [0.2, 0.25) is 15.9 Å². The van der Waals surface area contributed by atoms with Gasteiger partial charge in [0, 0.05) is 26.1 Å². The van der Waals surface area contributed by atoms with Crippen molar-refractivity contribution in [3.05, 3.63) is 35.9 Å². The van der Waals surface area contributed by atoms with Crippen molar-refractivity contribution in [3.63, 3.8) is 0 Å². The predicted molar refractivity (Wildman–Crippen MR) is 93.6 cm³/mol. The zero-order valence-electron chi connectivity index (χ0n) is 14.3. The minimum Gasteiger partial charge on any atom is -0.356 e. The Bertz CT molecular complexity index is 571. The summed E-state index contributed by atoms with van der Waals surface area (Å²) in [4.78, 5) is 11.7. The average molecular weight is 340 g/mol. The molecular formula is C17H28N2O3S. The molecule has 0 bridgehead atoms. The van der Waals surface area contributed by atoms with Crippen LogP contribution in [0.3, 0.4) is 0 Å². The molecule has 6 heteroatoms. The number of sulfonamides is 1. The van der Waals surface area contributed by atoms with Crippen molar-refractivity contribution < 1.29 is 13.2 Å². The monoisotopic (exact) mass is 340 g/mol. The number of benzene rings is 1. The molecule has 0 saturated heterocycles. The lowest BCUT2D eigenvalue weighted by Gasteiger charge is -2.20. The Morgan fingerprint density at radius 2 is 1.83 bits per heavy atom. The van der Waals surface area contributed by atoms with Gasteiger partial charge in [-0.1, -0.05) is 44.2 Å². The van der Waals surface area contributed by atoms with Crippen molar-refractivity contribution in [2.75, 3.05) is 25.9 Å². The molecule has 1 amide bonds. The van der Waals surface area contributed by atoms with Crippen molar-refractivity contribution in [1.82, 2.24) is 9.62 Å². The van der Waals surface area contributed by atoms with Gasteiger partial charge < -0.3 is 5.32 Å². The molecule has 0 aliphatic rings. The summed E-state index contributed by atoms with van der Waals surface area (Å²) in [5, 5.41) is 2.81. The van der Waals surface area contributed by atoms with Crippen LogP contribution in [0.15, 0.2) is 30.3 Å². The molecular weight excluding hydrogens is 312 g/mol. The number of nitrogens with zero attached hydrogens (tertiary/aromatic N) is 1. The van der Waals surface area contributed by atoms with E-state index < -0.39 is 10.0 Å². The number of carbonyl (C=O) groups excluding carboxylic acids is 1. The highest BCUT2D eigenvalue weighted by Crippen LogP contribution is 2.07.